The molecule has 50 heavy (non-hydrogen) atoms. The summed E-state index contributed by atoms with van der Waals surface area (Å²) in [4.78, 5) is 0. The van der Waals surface area contributed by atoms with Crippen molar-refractivity contribution in [3.05, 3.63) is 0 Å². The second kappa shape index (κ2) is 31.1. The van der Waals surface area contributed by atoms with E-state index in [1.54, 1.807) is 0 Å². The second-order valence-electron chi connectivity index (χ2n) is 16.3. The molecular weight excluding hydrogens is 624 g/mol. The molecule has 0 bridgehead atoms. The Hall–Kier alpha value is -0.240. The van der Waals surface area contributed by atoms with Crippen LogP contribution in [0.25, 0.3) is 0 Å². The summed E-state index contributed by atoms with van der Waals surface area (Å²) in [7, 11) is 0. The standard InChI is InChI=1S/C38H74O3.C6H10O3/c1-3-5-7-9-11-13-15-17-19-21-23-25-27-29-35(31-37-33-39-37)41-36(32-38-34-40-38)30-28-26-24-22-20-18-16-14-12-10-8-6-4-2;1(5-3-8-5)7-2-6-4-9-6/h35-38H,3-34H2,1-2H3;5-6H,1-4H2. The third-order valence-electron chi connectivity index (χ3n) is 10.9. The van der Waals surface area contributed by atoms with Crippen molar-refractivity contribution in [2.24, 2.45) is 0 Å². The molecule has 0 aromatic carbocycles. The Kier molecular flexibility index (Phi) is 27.5. The van der Waals surface area contributed by atoms with Crippen molar-refractivity contribution >= 4 is 0 Å². The van der Waals surface area contributed by atoms with Gasteiger partial charge in [0.15, 0.2) is 0 Å². The summed E-state index contributed by atoms with van der Waals surface area (Å²) in [6.45, 7) is 9.77. The Morgan fingerprint density at radius 3 is 0.900 bits per heavy atom. The predicted octanol–water partition coefficient (Wildman–Crippen LogP) is 12.1. The molecule has 6 unspecified atom stereocenters. The zero-order chi connectivity index (χ0) is 35.2. The Labute approximate surface area is 310 Å². The van der Waals surface area contributed by atoms with Gasteiger partial charge in [-0.3, -0.25) is 0 Å². The lowest BCUT2D eigenvalue weighted by molar-refractivity contribution is -0.0359. The van der Waals surface area contributed by atoms with E-state index in [9.17, 15) is 0 Å². The smallest absolute Gasteiger partial charge is 0.104 e. The molecule has 0 amide bonds. The van der Waals surface area contributed by atoms with Crippen LogP contribution in [0, 0.1) is 0 Å². The summed E-state index contributed by atoms with van der Waals surface area (Å²) in [5.41, 5.74) is 0. The van der Waals surface area contributed by atoms with E-state index in [0.29, 0.717) is 36.6 Å². The van der Waals surface area contributed by atoms with Gasteiger partial charge in [-0.15, -0.1) is 0 Å². The Morgan fingerprint density at radius 1 is 0.380 bits per heavy atom. The highest BCUT2D eigenvalue weighted by Crippen LogP contribution is 2.28. The fourth-order valence-electron chi connectivity index (χ4n) is 7.19. The lowest BCUT2D eigenvalue weighted by atomic mass is 10.0. The van der Waals surface area contributed by atoms with E-state index in [4.69, 9.17) is 28.4 Å². The van der Waals surface area contributed by atoms with E-state index in [1.165, 1.54) is 180 Å². The van der Waals surface area contributed by atoms with Crippen LogP contribution < -0.4 is 0 Å². The highest BCUT2D eigenvalue weighted by molar-refractivity contribution is 4.79. The normalized spacial score (nSPS) is 22.9. The van der Waals surface area contributed by atoms with E-state index in [-0.39, 0.29) is 0 Å². The van der Waals surface area contributed by atoms with Gasteiger partial charge in [0.05, 0.1) is 64.1 Å². The molecule has 0 aromatic rings. The number of unbranched alkanes of at least 4 members (excludes halogenated alkanes) is 24. The largest absolute Gasteiger partial charge is 0.376 e. The fourth-order valence-corrected chi connectivity index (χ4v) is 7.19. The van der Waals surface area contributed by atoms with Gasteiger partial charge < -0.3 is 28.4 Å². The zero-order valence-corrected chi connectivity index (χ0v) is 33.4. The monoisotopic (exact) mass is 709 g/mol. The summed E-state index contributed by atoms with van der Waals surface area (Å²) in [6.07, 6.45) is 44.1. The molecule has 4 aliphatic heterocycles. The van der Waals surface area contributed by atoms with Crippen molar-refractivity contribution in [3.63, 3.8) is 0 Å². The molecule has 4 aliphatic rings. The summed E-state index contributed by atoms with van der Waals surface area (Å²) in [5.74, 6) is 0. The van der Waals surface area contributed by atoms with Crippen molar-refractivity contribution in [1.29, 1.82) is 0 Å². The van der Waals surface area contributed by atoms with Gasteiger partial charge in [-0.2, -0.15) is 0 Å². The summed E-state index contributed by atoms with van der Waals surface area (Å²) < 4.78 is 33.1. The molecule has 6 heteroatoms. The lowest BCUT2D eigenvalue weighted by Crippen LogP contribution is -2.25. The average molecular weight is 709 g/mol. The van der Waals surface area contributed by atoms with E-state index in [0.717, 1.165) is 52.5 Å². The Bertz CT molecular complexity index is 661. The molecular formula is C44H84O6. The molecule has 0 saturated carbocycles. The highest BCUT2D eigenvalue weighted by Gasteiger charge is 2.32. The minimum absolute atomic E-state index is 0.390. The van der Waals surface area contributed by atoms with Gasteiger partial charge in [0.1, 0.15) is 12.2 Å². The molecule has 4 heterocycles. The van der Waals surface area contributed by atoms with Crippen LogP contribution in [0.3, 0.4) is 0 Å². The van der Waals surface area contributed by atoms with E-state index in [2.05, 4.69) is 13.8 Å². The molecule has 0 aromatic heterocycles. The first-order valence-electron chi connectivity index (χ1n) is 22.5. The molecule has 4 rings (SSSR count). The lowest BCUT2D eigenvalue weighted by Gasteiger charge is -2.25. The first kappa shape index (κ1) is 44.2. The minimum Gasteiger partial charge on any atom is -0.376 e. The molecule has 4 saturated heterocycles. The van der Waals surface area contributed by atoms with Gasteiger partial charge in [0.2, 0.25) is 0 Å². The number of hydrogen-bond donors (Lipinski definition) is 0. The van der Waals surface area contributed by atoms with Gasteiger partial charge in [0.25, 0.3) is 0 Å². The van der Waals surface area contributed by atoms with E-state index in [1.807, 2.05) is 0 Å². The summed E-state index contributed by atoms with van der Waals surface area (Å²) in [6, 6.07) is 0. The molecule has 296 valence electrons. The van der Waals surface area contributed by atoms with Gasteiger partial charge in [-0.1, -0.05) is 181 Å². The van der Waals surface area contributed by atoms with Crippen LogP contribution in [0.15, 0.2) is 0 Å². The molecule has 0 aliphatic carbocycles. The van der Waals surface area contributed by atoms with Crippen LogP contribution in [0.4, 0.5) is 0 Å². The van der Waals surface area contributed by atoms with Crippen molar-refractivity contribution in [3.8, 4) is 0 Å². The van der Waals surface area contributed by atoms with E-state index >= 15 is 0 Å². The maximum atomic E-state index is 6.81. The van der Waals surface area contributed by atoms with Crippen LogP contribution in [-0.2, 0) is 28.4 Å². The highest BCUT2D eigenvalue weighted by atomic mass is 16.6. The van der Waals surface area contributed by atoms with Crippen LogP contribution in [0.5, 0.6) is 0 Å². The molecule has 6 atom stereocenters. The maximum Gasteiger partial charge on any atom is 0.104 e. The molecule has 0 radical (unpaired) electrons. The Morgan fingerprint density at radius 2 is 0.640 bits per heavy atom. The molecule has 0 N–H and O–H groups in total. The Balaban J connectivity index is 0.000000638. The maximum absolute atomic E-state index is 6.81. The summed E-state index contributed by atoms with van der Waals surface area (Å²) in [5, 5.41) is 0. The zero-order valence-electron chi connectivity index (χ0n) is 33.4. The van der Waals surface area contributed by atoms with Crippen molar-refractivity contribution in [1.82, 2.24) is 0 Å². The third kappa shape index (κ3) is 29.2. The quantitative estimate of drug-likeness (QED) is 0.0470. The predicted molar refractivity (Wildman–Crippen MR) is 208 cm³/mol. The van der Waals surface area contributed by atoms with Gasteiger partial charge in [-0.05, 0) is 12.8 Å². The van der Waals surface area contributed by atoms with Crippen LogP contribution >= 0.6 is 0 Å². The van der Waals surface area contributed by atoms with E-state index < -0.39 is 0 Å². The number of epoxide rings is 4. The van der Waals surface area contributed by atoms with Gasteiger partial charge in [0, 0.05) is 12.8 Å². The van der Waals surface area contributed by atoms with Gasteiger partial charge >= 0.3 is 0 Å². The number of hydrogen-bond acceptors (Lipinski definition) is 6. The first-order chi connectivity index (χ1) is 24.8. The van der Waals surface area contributed by atoms with Crippen LogP contribution in [0.2, 0.25) is 0 Å². The third-order valence-corrected chi connectivity index (χ3v) is 10.9. The molecule has 4 fully saturated rings. The average Bonchev–Trinajstić information content (AvgIpc) is 3.92. The molecule has 6 nitrogen and oxygen atoms in total. The number of rotatable bonds is 38. The van der Waals surface area contributed by atoms with Crippen molar-refractivity contribution in [2.75, 3.05) is 39.6 Å². The molecule has 0 spiro atoms. The summed E-state index contributed by atoms with van der Waals surface area (Å²) >= 11 is 0. The first-order valence-corrected chi connectivity index (χ1v) is 22.5. The topological polar surface area (TPSA) is 68.6 Å². The SMILES string of the molecule is C(OCC1CO1)C1CO1.CCCCCCCCCCCCCCCC(CC1CO1)OC(CCCCCCCCCCCCCCC)CC1CO1. The second-order valence-corrected chi connectivity index (χ2v) is 16.3. The number of ether oxygens (including phenoxy) is 6. The van der Waals surface area contributed by atoms with Gasteiger partial charge in [-0.25, -0.2) is 0 Å². The van der Waals surface area contributed by atoms with Crippen molar-refractivity contribution < 1.29 is 28.4 Å². The minimum atomic E-state index is 0.390. The van der Waals surface area contributed by atoms with Crippen LogP contribution in [0.1, 0.15) is 206 Å². The van der Waals surface area contributed by atoms with Crippen molar-refractivity contribution in [2.45, 2.75) is 243 Å². The van der Waals surface area contributed by atoms with Crippen LogP contribution in [-0.4, -0.2) is 76.3 Å². The fraction of sp³-hybridized carbons (Fsp3) is 1.00.